The van der Waals surface area contributed by atoms with E-state index in [4.69, 9.17) is 9.47 Å². The molecule has 3 aromatic rings. The minimum Gasteiger partial charge on any atom is -0.441 e. The van der Waals surface area contributed by atoms with Crippen LogP contribution in [0.25, 0.3) is 0 Å². The highest BCUT2D eigenvalue weighted by atomic mass is 28.4. The summed E-state index contributed by atoms with van der Waals surface area (Å²) in [4.78, 5) is 39.2. The molecule has 2 unspecified atom stereocenters. The number of nitrogens with one attached hydrogen (secondary N) is 1. The topological polar surface area (TPSA) is 136 Å². The summed E-state index contributed by atoms with van der Waals surface area (Å²) >= 11 is 0. The van der Waals surface area contributed by atoms with Gasteiger partial charge in [0.15, 0.2) is 11.8 Å². The number of nitrogens with zero attached hydrogens (tertiary/aromatic N) is 4. The Morgan fingerprint density at radius 2 is 2.00 bits per heavy atom. The number of carbonyl (C=O) groups is 3. The zero-order valence-corrected chi connectivity index (χ0v) is 26.1. The van der Waals surface area contributed by atoms with Gasteiger partial charge < -0.3 is 24.0 Å². The molecule has 13 heteroatoms. The summed E-state index contributed by atoms with van der Waals surface area (Å²) in [7, 11) is -3.37. The van der Waals surface area contributed by atoms with Gasteiger partial charge in [-0.25, -0.2) is 0 Å². The number of aromatic nitrogens is 3. The van der Waals surface area contributed by atoms with Gasteiger partial charge in [0.1, 0.15) is 0 Å². The largest absolute Gasteiger partial charge is 0.441 e. The van der Waals surface area contributed by atoms with Crippen LogP contribution in [0.2, 0.25) is 18.6 Å². The molecule has 2 fully saturated rings. The third kappa shape index (κ3) is 5.02. The van der Waals surface area contributed by atoms with Crippen LogP contribution >= 0.6 is 0 Å². The zero-order valence-electron chi connectivity index (χ0n) is 25.1. The molecule has 11 nitrogen and oxygen atoms in total. The van der Waals surface area contributed by atoms with E-state index < -0.39 is 43.8 Å². The number of benzene rings is 2. The molecule has 3 aliphatic heterocycles. The number of anilines is 2. The summed E-state index contributed by atoms with van der Waals surface area (Å²) in [6.45, 7) is 6.65. The molecule has 0 saturated carbocycles. The van der Waals surface area contributed by atoms with Crippen LogP contribution in [0.3, 0.4) is 0 Å². The highest BCUT2D eigenvalue weighted by molar-refractivity contribution is 6.72. The van der Waals surface area contributed by atoms with Crippen molar-refractivity contribution in [3.63, 3.8) is 0 Å². The van der Waals surface area contributed by atoms with Crippen molar-refractivity contribution in [3.8, 4) is 0 Å². The summed E-state index contributed by atoms with van der Waals surface area (Å²) in [5.41, 5.74) is 1.13. The van der Waals surface area contributed by atoms with Crippen molar-refractivity contribution < 1.29 is 33.1 Å². The van der Waals surface area contributed by atoms with E-state index in [1.807, 2.05) is 37.3 Å². The highest BCUT2D eigenvalue weighted by Gasteiger charge is 2.65. The quantitative estimate of drug-likeness (QED) is 0.159. The molecule has 0 radical (unpaired) electrons. The maximum Gasteiger partial charge on any atom is 0.304 e. The molecule has 232 valence electrons. The second kappa shape index (κ2) is 11.2. The van der Waals surface area contributed by atoms with E-state index in [1.54, 1.807) is 42.2 Å². The van der Waals surface area contributed by atoms with Gasteiger partial charge in [-0.2, -0.15) is 0 Å². The van der Waals surface area contributed by atoms with Crippen molar-refractivity contribution >= 4 is 37.6 Å². The minimum absolute atomic E-state index is 0.0755. The predicted molar refractivity (Wildman–Crippen MR) is 161 cm³/mol. The van der Waals surface area contributed by atoms with Crippen LogP contribution in [-0.4, -0.2) is 65.2 Å². The Morgan fingerprint density at radius 1 is 1.25 bits per heavy atom. The molecule has 2 N–H and O–H groups in total. The molecule has 0 bridgehead atoms. The van der Waals surface area contributed by atoms with Crippen molar-refractivity contribution in [1.82, 2.24) is 15.0 Å². The fourth-order valence-electron chi connectivity index (χ4n) is 7.15. The smallest absolute Gasteiger partial charge is 0.304 e. The number of carbonyl (C=O) groups excluding carboxylic acids is 3. The average Bonchev–Trinajstić information content (AvgIpc) is 3.63. The predicted octanol–water partition coefficient (Wildman–Crippen LogP) is 3.85. The zero-order chi connectivity index (χ0) is 31.4. The van der Waals surface area contributed by atoms with Gasteiger partial charge in [-0.3, -0.25) is 24.0 Å². The lowest BCUT2D eigenvalue weighted by Crippen LogP contribution is -2.55. The number of rotatable bonds is 9. The summed E-state index contributed by atoms with van der Waals surface area (Å²) < 4.78 is 29.7. The Morgan fingerprint density at radius 3 is 2.66 bits per heavy atom. The van der Waals surface area contributed by atoms with Gasteiger partial charge in [0, 0.05) is 48.1 Å². The van der Waals surface area contributed by atoms with Gasteiger partial charge in [0.2, 0.25) is 14.3 Å². The minimum atomic E-state index is -3.37. The number of hydrogen-bond acceptors (Lipinski definition) is 8. The lowest BCUT2D eigenvalue weighted by Gasteiger charge is -2.39. The van der Waals surface area contributed by atoms with Crippen molar-refractivity contribution in [2.45, 2.75) is 75.7 Å². The molecule has 44 heavy (non-hydrogen) atoms. The monoisotopic (exact) mass is 621 g/mol. The highest BCUT2D eigenvalue weighted by Crippen LogP contribution is 2.59. The molecule has 1 aromatic heterocycles. The number of halogens is 1. The lowest BCUT2D eigenvalue weighted by atomic mass is 9.82. The van der Waals surface area contributed by atoms with Crippen molar-refractivity contribution in [2.75, 3.05) is 16.8 Å². The summed E-state index contributed by atoms with van der Waals surface area (Å²) in [6.07, 6.45) is 0.927. The van der Waals surface area contributed by atoms with E-state index in [2.05, 4.69) is 15.6 Å². The first-order chi connectivity index (χ1) is 20.9. The lowest BCUT2D eigenvalue weighted by molar-refractivity contribution is -0.153. The maximum atomic E-state index is 16.1. The molecule has 1 spiro atoms. The molecule has 2 amide bonds. The van der Waals surface area contributed by atoms with Gasteiger partial charge >= 0.3 is 5.97 Å². The SMILES string of the molecule is CC(=O)OC1CC(=O)N1c1ccc2c(c1)[C@]1(O[C@@H](CCn3cc(C(CO)c4ccccc4)nn3)[C@H]([Si](C)(C)F)[C@H]1C)C(=O)N2. The van der Waals surface area contributed by atoms with Crippen LogP contribution in [0.4, 0.5) is 15.5 Å². The normalized spacial score (nSPS) is 26.8. The van der Waals surface area contributed by atoms with E-state index in [0.717, 1.165) is 5.56 Å². The first kappa shape index (κ1) is 30.1. The molecule has 0 aliphatic carbocycles. The van der Waals surface area contributed by atoms with Crippen LogP contribution in [-0.2, 0) is 36.0 Å². The Balaban J connectivity index is 1.27. The van der Waals surface area contributed by atoms with E-state index >= 15 is 4.11 Å². The van der Waals surface area contributed by atoms with E-state index in [-0.39, 0.29) is 30.8 Å². The number of esters is 1. The molecule has 6 atom stereocenters. The van der Waals surface area contributed by atoms with Crippen LogP contribution in [0.1, 0.15) is 49.4 Å². The van der Waals surface area contributed by atoms with Crippen molar-refractivity contribution in [2.24, 2.45) is 5.92 Å². The van der Waals surface area contributed by atoms with Gasteiger partial charge in [-0.05, 0) is 43.3 Å². The fraction of sp³-hybridized carbons (Fsp3) is 0.452. The summed E-state index contributed by atoms with van der Waals surface area (Å²) in [5.74, 6) is -1.91. The number of ether oxygens (including phenoxy) is 2. The van der Waals surface area contributed by atoms with Gasteiger partial charge in [-0.15, -0.1) is 5.10 Å². The first-order valence-electron chi connectivity index (χ1n) is 14.8. The Kier molecular flexibility index (Phi) is 7.66. The summed E-state index contributed by atoms with van der Waals surface area (Å²) in [6, 6.07) is 14.7. The van der Waals surface area contributed by atoms with Crippen LogP contribution in [0.5, 0.6) is 0 Å². The number of amides is 2. The summed E-state index contributed by atoms with van der Waals surface area (Å²) in [5, 5.41) is 21.5. The number of β-lactam (4-membered cyclic amide) rings is 1. The van der Waals surface area contributed by atoms with Crippen LogP contribution in [0.15, 0.2) is 54.7 Å². The van der Waals surface area contributed by atoms with E-state index in [9.17, 15) is 19.5 Å². The van der Waals surface area contributed by atoms with Gasteiger partial charge in [0.25, 0.3) is 5.91 Å². The second-order valence-electron chi connectivity index (χ2n) is 12.3. The number of aryl methyl sites for hydroxylation is 1. The van der Waals surface area contributed by atoms with E-state index in [1.165, 1.54) is 11.8 Å². The maximum absolute atomic E-state index is 16.1. The standard InChI is InChI=1S/C31H36FN5O6Si/c1-18-29(44(3,4)32)26(12-13-36-16-25(34-35-36)22(17-38)20-8-6-5-7-9-20)43-31(18)23-14-21(10-11-24(23)33-30(31)41)37-27(40)15-28(37)42-19(2)39/h5-11,14,16,18,22,26,28-29,38H,12-13,15,17H2,1-4H3,(H,33,41)/t18-,22?,26+,28?,29-,31+/m1/s1. The molecule has 4 heterocycles. The molecular weight excluding hydrogens is 585 g/mol. The molecule has 6 rings (SSSR count). The fourth-order valence-corrected chi connectivity index (χ4v) is 9.70. The Labute approximate surface area is 255 Å². The molecule has 3 aliphatic rings. The first-order valence-corrected chi connectivity index (χ1v) is 17.8. The Hall–Kier alpha value is -3.94. The van der Waals surface area contributed by atoms with E-state index in [0.29, 0.717) is 35.6 Å². The van der Waals surface area contributed by atoms with Crippen molar-refractivity contribution in [3.05, 3.63) is 71.5 Å². The average molecular weight is 622 g/mol. The number of aliphatic hydroxyl groups is 1. The Bertz CT molecular complexity index is 1600. The molecular formula is C31H36FN5O6Si. The molecule has 2 aromatic carbocycles. The third-order valence-corrected chi connectivity index (χ3v) is 11.6. The van der Waals surface area contributed by atoms with Crippen LogP contribution < -0.4 is 10.2 Å². The van der Waals surface area contributed by atoms with Crippen LogP contribution in [0, 0.1) is 5.92 Å². The number of aliphatic hydroxyl groups excluding tert-OH is 1. The number of hydrogen-bond donors (Lipinski definition) is 2. The third-order valence-electron chi connectivity index (χ3n) is 9.13. The van der Waals surface area contributed by atoms with Crippen molar-refractivity contribution in [1.29, 1.82) is 0 Å². The molecule has 2 saturated heterocycles. The number of fused-ring (bicyclic) bond motifs is 2. The van der Waals surface area contributed by atoms with Gasteiger partial charge in [0.05, 0.1) is 30.7 Å². The van der Waals surface area contributed by atoms with Gasteiger partial charge in [-0.1, -0.05) is 42.5 Å². The second-order valence-corrected chi connectivity index (χ2v) is 16.1.